The lowest BCUT2D eigenvalue weighted by Gasteiger charge is -2.29. The van der Waals surface area contributed by atoms with E-state index in [0.29, 0.717) is 23.7 Å². The van der Waals surface area contributed by atoms with Gasteiger partial charge < -0.3 is 4.74 Å². The maximum absolute atomic E-state index is 14.9. The van der Waals surface area contributed by atoms with E-state index in [1.54, 1.807) is 60.7 Å². The van der Waals surface area contributed by atoms with E-state index in [4.69, 9.17) is 4.74 Å². The minimum atomic E-state index is -0.900. The third kappa shape index (κ3) is 5.12. The lowest BCUT2D eigenvalue weighted by molar-refractivity contribution is 0.303. The molecule has 1 atom stereocenters. The fourth-order valence-corrected chi connectivity index (χ4v) is 5.42. The van der Waals surface area contributed by atoms with E-state index in [0.717, 1.165) is 31.2 Å². The minimum Gasteiger partial charge on any atom is -0.368 e. The molecule has 1 saturated heterocycles. The van der Waals surface area contributed by atoms with Crippen LogP contribution in [0.5, 0.6) is 0 Å². The van der Waals surface area contributed by atoms with Crippen LogP contribution >= 0.6 is 0 Å². The van der Waals surface area contributed by atoms with Crippen LogP contribution in [0.4, 0.5) is 17.6 Å². The Morgan fingerprint density at radius 2 is 1.42 bits per heavy atom. The lowest BCUT2D eigenvalue weighted by Crippen LogP contribution is -2.15. The van der Waals surface area contributed by atoms with Crippen molar-refractivity contribution in [3.05, 3.63) is 94.1 Å². The fourth-order valence-electron chi connectivity index (χ4n) is 5.42. The van der Waals surface area contributed by atoms with Crippen molar-refractivity contribution in [3.8, 4) is 11.1 Å². The number of epoxide rings is 1. The summed E-state index contributed by atoms with van der Waals surface area (Å²) < 4.78 is 63.8. The van der Waals surface area contributed by atoms with Gasteiger partial charge >= 0.3 is 0 Å². The average molecular weight is 495 g/mol. The van der Waals surface area contributed by atoms with Crippen LogP contribution in [0.2, 0.25) is 0 Å². The number of hydrogen-bond acceptors (Lipinski definition) is 1. The number of rotatable bonds is 7. The number of ether oxygens (including phenoxy) is 1. The van der Waals surface area contributed by atoms with Crippen molar-refractivity contribution >= 4 is 12.2 Å². The highest BCUT2D eigenvalue weighted by atomic mass is 19.2. The van der Waals surface area contributed by atoms with Crippen molar-refractivity contribution in [1.29, 1.82) is 0 Å². The molecule has 1 unspecified atom stereocenters. The Balaban J connectivity index is 1.29. The van der Waals surface area contributed by atoms with Crippen LogP contribution < -0.4 is 0 Å². The molecule has 1 saturated carbocycles. The second-order valence-electron chi connectivity index (χ2n) is 9.99. The van der Waals surface area contributed by atoms with Gasteiger partial charge in [0.25, 0.3) is 0 Å². The highest BCUT2D eigenvalue weighted by Crippen LogP contribution is 2.39. The second-order valence-corrected chi connectivity index (χ2v) is 9.99. The largest absolute Gasteiger partial charge is 0.368 e. The molecule has 5 heteroatoms. The predicted molar refractivity (Wildman–Crippen MR) is 135 cm³/mol. The molecule has 188 valence electrons. The van der Waals surface area contributed by atoms with Crippen LogP contribution in [-0.4, -0.2) is 6.61 Å². The van der Waals surface area contributed by atoms with Gasteiger partial charge in [-0.3, -0.25) is 0 Å². The first kappa shape index (κ1) is 24.8. The topological polar surface area (TPSA) is 12.5 Å². The Labute approximate surface area is 209 Å². The average Bonchev–Trinajstić information content (AvgIpc) is 3.73. The quantitative estimate of drug-likeness (QED) is 0.181. The van der Waals surface area contributed by atoms with Crippen molar-refractivity contribution in [2.24, 2.45) is 5.92 Å². The lowest BCUT2D eigenvalue weighted by atomic mass is 9.77. The molecule has 5 rings (SSSR count). The monoisotopic (exact) mass is 494 g/mol. The minimum absolute atomic E-state index is 0.0780. The standard InChI is InChI=1S/C31H30F4O/c1-2-3-19-4-9-21(10-5-19)24-15-14-23(28(32)29(24)33)13-8-20-6-11-22(12-7-20)25-16-17-26(27-18-36-27)31(35)30(25)34/h6-8,11-17,19,21,27H,2-5,9-10,18H2,1H3/b13-8+. The van der Waals surface area contributed by atoms with Crippen LogP contribution in [0.1, 0.15) is 79.7 Å². The first-order valence-corrected chi connectivity index (χ1v) is 12.8. The van der Waals surface area contributed by atoms with Gasteiger partial charge in [0, 0.05) is 16.7 Å². The summed E-state index contributed by atoms with van der Waals surface area (Å²) in [5.74, 6) is -2.57. The normalized spacial score (nSPS) is 21.8. The van der Waals surface area contributed by atoms with Crippen LogP contribution in [0.15, 0.2) is 48.5 Å². The van der Waals surface area contributed by atoms with E-state index in [1.807, 2.05) is 0 Å². The van der Waals surface area contributed by atoms with Gasteiger partial charge in [-0.1, -0.05) is 80.4 Å². The van der Waals surface area contributed by atoms with E-state index >= 15 is 0 Å². The zero-order valence-electron chi connectivity index (χ0n) is 20.4. The second kappa shape index (κ2) is 10.6. The number of benzene rings is 3. The van der Waals surface area contributed by atoms with E-state index in [1.165, 1.54) is 12.8 Å². The Hall–Kier alpha value is -2.92. The molecule has 0 N–H and O–H groups in total. The van der Waals surface area contributed by atoms with Crippen LogP contribution in [0.25, 0.3) is 23.3 Å². The van der Waals surface area contributed by atoms with E-state index in [-0.39, 0.29) is 28.7 Å². The first-order valence-electron chi connectivity index (χ1n) is 12.8. The summed E-state index contributed by atoms with van der Waals surface area (Å²) in [6, 6.07) is 13.3. The molecule has 1 heterocycles. The summed E-state index contributed by atoms with van der Waals surface area (Å²) in [6.07, 6.45) is 9.21. The van der Waals surface area contributed by atoms with Crippen LogP contribution in [-0.2, 0) is 4.74 Å². The Kier molecular flexibility index (Phi) is 7.29. The van der Waals surface area contributed by atoms with Crippen LogP contribution in [0, 0.1) is 29.2 Å². The molecular formula is C31H30F4O. The highest BCUT2D eigenvalue weighted by Gasteiger charge is 2.30. The third-order valence-corrected chi connectivity index (χ3v) is 7.59. The maximum atomic E-state index is 14.9. The smallest absolute Gasteiger partial charge is 0.167 e. The molecule has 1 nitrogen and oxygen atoms in total. The number of halogens is 4. The Morgan fingerprint density at radius 3 is 2.08 bits per heavy atom. The van der Waals surface area contributed by atoms with Gasteiger partial charge in [-0.2, -0.15) is 0 Å². The summed E-state index contributed by atoms with van der Waals surface area (Å²) in [4.78, 5) is 0. The molecule has 0 bridgehead atoms. The van der Waals surface area contributed by atoms with E-state index in [2.05, 4.69) is 6.92 Å². The summed E-state index contributed by atoms with van der Waals surface area (Å²) in [5, 5.41) is 0. The summed E-state index contributed by atoms with van der Waals surface area (Å²) in [6.45, 7) is 2.59. The molecule has 0 amide bonds. The summed E-state index contributed by atoms with van der Waals surface area (Å²) in [7, 11) is 0. The van der Waals surface area contributed by atoms with Gasteiger partial charge in [0.2, 0.25) is 0 Å². The summed E-state index contributed by atoms with van der Waals surface area (Å²) >= 11 is 0. The first-order chi connectivity index (χ1) is 17.5. The molecule has 3 aromatic carbocycles. The third-order valence-electron chi connectivity index (χ3n) is 7.59. The molecular weight excluding hydrogens is 464 g/mol. The Morgan fingerprint density at radius 1 is 0.750 bits per heavy atom. The highest BCUT2D eigenvalue weighted by molar-refractivity contribution is 5.73. The van der Waals surface area contributed by atoms with Crippen molar-refractivity contribution in [3.63, 3.8) is 0 Å². The van der Waals surface area contributed by atoms with E-state index in [9.17, 15) is 17.6 Å². The van der Waals surface area contributed by atoms with Crippen LogP contribution in [0.3, 0.4) is 0 Å². The molecule has 3 aromatic rings. The molecule has 0 aromatic heterocycles. The molecule has 0 spiro atoms. The fraction of sp³-hybridized carbons (Fsp3) is 0.355. The van der Waals surface area contributed by atoms with Crippen molar-refractivity contribution in [2.45, 2.75) is 57.5 Å². The molecule has 2 fully saturated rings. The number of hydrogen-bond donors (Lipinski definition) is 0. The van der Waals surface area contributed by atoms with Gasteiger partial charge in [0.1, 0.15) is 6.10 Å². The summed E-state index contributed by atoms with van der Waals surface area (Å²) in [5.41, 5.74) is 2.34. The Bertz CT molecular complexity index is 1250. The SMILES string of the molecule is CCCC1CCC(c2ccc(/C=C/c3ccc(-c4ccc(C5CO5)c(F)c4F)cc3)c(F)c2F)CC1. The molecule has 36 heavy (non-hydrogen) atoms. The molecule has 1 aliphatic heterocycles. The molecule has 0 radical (unpaired) electrons. The van der Waals surface area contributed by atoms with Crippen molar-refractivity contribution in [2.75, 3.05) is 6.61 Å². The zero-order chi connectivity index (χ0) is 25.2. The van der Waals surface area contributed by atoms with Crippen molar-refractivity contribution < 1.29 is 22.3 Å². The van der Waals surface area contributed by atoms with Crippen molar-refractivity contribution in [1.82, 2.24) is 0 Å². The van der Waals surface area contributed by atoms with Gasteiger partial charge in [-0.15, -0.1) is 0 Å². The molecule has 1 aliphatic carbocycles. The zero-order valence-corrected chi connectivity index (χ0v) is 20.4. The van der Waals surface area contributed by atoms with Gasteiger partial charge in [-0.25, -0.2) is 17.6 Å². The van der Waals surface area contributed by atoms with Gasteiger partial charge in [0.05, 0.1) is 6.61 Å². The predicted octanol–water partition coefficient (Wildman–Crippen LogP) is 9.23. The van der Waals surface area contributed by atoms with Gasteiger partial charge in [-0.05, 0) is 54.2 Å². The van der Waals surface area contributed by atoms with E-state index < -0.39 is 23.3 Å². The van der Waals surface area contributed by atoms with Gasteiger partial charge in [0.15, 0.2) is 23.3 Å². The maximum Gasteiger partial charge on any atom is 0.167 e. The molecule has 2 aliphatic rings.